The zero-order valence-electron chi connectivity index (χ0n) is 48.5. The molecule has 0 aliphatic rings. The summed E-state index contributed by atoms with van der Waals surface area (Å²) in [6.45, 7) is 0. The monoisotopic (exact) mass is 1150 g/mol. The predicted molar refractivity (Wildman–Crippen MR) is 371 cm³/mol. The second-order valence-corrected chi connectivity index (χ2v) is 23.0. The first kappa shape index (κ1) is 51.0. The van der Waals surface area contributed by atoms with Crippen molar-refractivity contribution in [1.82, 2.24) is 19.1 Å². The molecule has 18 aromatic rings. The molecule has 422 valence electrons. The molecule has 0 spiro atoms. The molecule has 0 atom stereocenters. The molecule has 0 amide bonds. The quantitative estimate of drug-likeness (QED) is 0.129. The Labute approximate surface area is 517 Å². The van der Waals surface area contributed by atoms with Gasteiger partial charge in [0.05, 0.1) is 22.1 Å². The number of para-hydroxylation sites is 5. The molecule has 0 aliphatic carbocycles. The summed E-state index contributed by atoms with van der Waals surface area (Å²) >= 11 is 0. The van der Waals surface area contributed by atoms with Crippen LogP contribution in [0.2, 0.25) is 0 Å². The Kier molecular flexibility index (Phi) is 11.7. The van der Waals surface area contributed by atoms with Crippen molar-refractivity contribution < 1.29 is 8.83 Å². The number of anilines is 6. The molecule has 0 N–H and O–H groups in total. The van der Waals surface area contributed by atoms with Crippen LogP contribution in [0.1, 0.15) is 0 Å². The standard InChI is InChI=1S/C82H52N6O2/c1-5-18-54(19-6-1)82-84-79-67-42-38-63(49-57(67)37-47-78(79)89-82)85(59-21-7-2-8-22-59)66-41-46-77-72(52-66)70-29-14-16-31-75(70)88(77)62-27-17-20-56(48-62)53-32-34-55(35-33-53)81-83-73-44-36-58-50-64(39-43-68(58)80(73)90-81)86(60-23-9-3-10-24-60)65-40-45-76-71(51-65)69-28-13-15-30-74(69)87(76)61-25-11-4-12-26-61/h1-52H. The second-order valence-electron chi connectivity index (χ2n) is 23.0. The first-order chi connectivity index (χ1) is 44.6. The van der Waals surface area contributed by atoms with Crippen LogP contribution >= 0.6 is 0 Å². The van der Waals surface area contributed by atoms with Gasteiger partial charge in [-0.2, -0.15) is 0 Å². The molecule has 0 saturated carbocycles. The van der Waals surface area contributed by atoms with Crippen LogP contribution in [0.25, 0.3) is 133 Å². The molecule has 0 saturated heterocycles. The summed E-state index contributed by atoms with van der Waals surface area (Å²) in [5.41, 5.74) is 20.4. The van der Waals surface area contributed by atoms with E-state index in [1.54, 1.807) is 0 Å². The van der Waals surface area contributed by atoms with E-state index in [4.69, 9.17) is 18.8 Å². The van der Waals surface area contributed by atoms with Crippen LogP contribution < -0.4 is 9.80 Å². The minimum atomic E-state index is 0.581. The lowest BCUT2D eigenvalue weighted by Crippen LogP contribution is -2.09. The number of fused-ring (bicyclic) bond motifs is 12. The van der Waals surface area contributed by atoms with Crippen molar-refractivity contribution in [2.45, 2.75) is 0 Å². The fourth-order valence-corrected chi connectivity index (χ4v) is 13.5. The molecule has 4 heterocycles. The Balaban J connectivity index is 0.656. The van der Waals surface area contributed by atoms with Gasteiger partial charge >= 0.3 is 0 Å². The van der Waals surface area contributed by atoms with Crippen LogP contribution in [0, 0.1) is 0 Å². The Morgan fingerprint density at radius 3 is 1.38 bits per heavy atom. The van der Waals surface area contributed by atoms with Gasteiger partial charge in [0.15, 0.2) is 11.2 Å². The molecule has 0 bridgehead atoms. The molecule has 8 nitrogen and oxygen atoms in total. The predicted octanol–water partition coefficient (Wildman–Crippen LogP) is 22.4. The lowest BCUT2D eigenvalue weighted by Gasteiger charge is -2.26. The van der Waals surface area contributed by atoms with Gasteiger partial charge in [-0.15, -0.1) is 0 Å². The molecule has 90 heavy (non-hydrogen) atoms. The number of rotatable bonds is 11. The van der Waals surface area contributed by atoms with E-state index in [0.29, 0.717) is 11.8 Å². The summed E-state index contributed by atoms with van der Waals surface area (Å²) in [7, 11) is 0. The lowest BCUT2D eigenvalue weighted by molar-refractivity contribution is 0.620. The highest BCUT2D eigenvalue weighted by Crippen LogP contribution is 2.45. The molecule has 0 aliphatic heterocycles. The van der Waals surface area contributed by atoms with Crippen LogP contribution in [-0.2, 0) is 0 Å². The van der Waals surface area contributed by atoms with Crippen molar-refractivity contribution in [3.63, 3.8) is 0 Å². The number of aromatic nitrogens is 4. The first-order valence-corrected chi connectivity index (χ1v) is 30.4. The highest BCUT2D eigenvalue weighted by atomic mass is 16.4. The molecule has 0 radical (unpaired) electrons. The van der Waals surface area contributed by atoms with Gasteiger partial charge in [-0.3, -0.25) is 0 Å². The van der Waals surface area contributed by atoms with Gasteiger partial charge in [-0.05, 0) is 192 Å². The van der Waals surface area contributed by atoms with Crippen molar-refractivity contribution in [2.24, 2.45) is 0 Å². The summed E-state index contributed by atoms with van der Waals surface area (Å²) in [5.74, 6) is 1.20. The van der Waals surface area contributed by atoms with Crippen LogP contribution in [-0.4, -0.2) is 19.1 Å². The Morgan fingerprint density at radius 1 is 0.267 bits per heavy atom. The van der Waals surface area contributed by atoms with E-state index in [-0.39, 0.29) is 0 Å². The summed E-state index contributed by atoms with van der Waals surface area (Å²) < 4.78 is 17.8. The largest absolute Gasteiger partial charge is 0.436 e. The topological polar surface area (TPSA) is 68.4 Å². The molecule has 0 unspecified atom stereocenters. The van der Waals surface area contributed by atoms with Crippen molar-refractivity contribution in [2.75, 3.05) is 9.80 Å². The Bertz CT molecular complexity index is 5790. The molecule has 0 fully saturated rings. The number of oxazole rings is 2. The van der Waals surface area contributed by atoms with Crippen molar-refractivity contribution >= 4 is 121 Å². The van der Waals surface area contributed by atoms with E-state index in [9.17, 15) is 0 Å². The number of nitrogens with zero attached hydrogens (tertiary/aromatic N) is 6. The van der Waals surface area contributed by atoms with Gasteiger partial charge in [-0.25, -0.2) is 9.97 Å². The SMILES string of the molecule is c1ccc(-c2nc3c(ccc4cc(N(c5ccccc5)c5ccc6c(c5)c5ccccc5n6-c5cccc(-c6ccc(-c7nc8ccc9cc(N(c%10ccccc%10)c%10ccc%11c(c%10)c%10ccccc%10n%11-c%10ccccc%10)ccc9c8o7)cc6)c5)ccc43)o2)cc1. The van der Waals surface area contributed by atoms with Crippen LogP contribution in [0.3, 0.4) is 0 Å². The van der Waals surface area contributed by atoms with Gasteiger partial charge in [-0.1, -0.05) is 146 Å². The zero-order valence-corrected chi connectivity index (χ0v) is 48.5. The van der Waals surface area contributed by atoms with Crippen molar-refractivity contribution in [3.8, 4) is 45.4 Å². The molecule has 14 aromatic carbocycles. The second kappa shape index (κ2) is 20.7. The van der Waals surface area contributed by atoms with E-state index in [1.165, 1.54) is 21.7 Å². The van der Waals surface area contributed by atoms with E-state index in [0.717, 1.165) is 133 Å². The van der Waals surface area contributed by atoms with E-state index < -0.39 is 0 Å². The first-order valence-electron chi connectivity index (χ1n) is 30.4. The van der Waals surface area contributed by atoms with Crippen molar-refractivity contribution in [1.29, 1.82) is 0 Å². The molecule has 4 aromatic heterocycles. The van der Waals surface area contributed by atoms with Gasteiger partial charge < -0.3 is 27.8 Å². The summed E-state index contributed by atoms with van der Waals surface area (Å²) in [6.07, 6.45) is 0. The van der Waals surface area contributed by atoms with Gasteiger partial charge in [0.1, 0.15) is 11.0 Å². The minimum Gasteiger partial charge on any atom is -0.436 e. The third-order valence-electron chi connectivity index (χ3n) is 17.7. The normalized spacial score (nSPS) is 11.8. The Morgan fingerprint density at radius 2 is 0.733 bits per heavy atom. The van der Waals surface area contributed by atoms with Crippen molar-refractivity contribution in [3.05, 3.63) is 315 Å². The van der Waals surface area contributed by atoms with E-state index in [2.05, 4.69) is 298 Å². The maximum Gasteiger partial charge on any atom is 0.227 e. The van der Waals surface area contributed by atoms with Crippen LogP contribution in [0.15, 0.2) is 324 Å². The maximum absolute atomic E-state index is 6.74. The van der Waals surface area contributed by atoms with E-state index in [1.807, 2.05) is 36.4 Å². The average Bonchev–Trinajstić information content (AvgIpc) is 2.04. The third kappa shape index (κ3) is 8.45. The smallest absolute Gasteiger partial charge is 0.227 e. The Hall–Kier alpha value is -12.3. The number of benzene rings is 14. The molecule has 18 rings (SSSR count). The highest BCUT2D eigenvalue weighted by molar-refractivity contribution is 6.13. The lowest BCUT2D eigenvalue weighted by atomic mass is 10.0. The fraction of sp³-hybridized carbons (Fsp3) is 0. The minimum absolute atomic E-state index is 0.581. The summed E-state index contributed by atoms with van der Waals surface area (Å²) in [5, 5.41) is 8.94. The van der Waals surface area contributed by atoms with Gasteiger partial charge in [0.25, 0.3) is 0 Å². The summed E-state index contributed by atoms with van der Waals surface area (Å²) in [4.78, 5) is 14.7. The van der Waals surface area contributed by atoms with Crippen LogP contribution in [0.4, 0.5) is 34.1 Å². The number of hydrogen-bond acceptors (Lipinski definition) is 6. The zero-order chi connectivity index (χ0) is 59.2. The molecule has 8 heteroatoms. The van der Waals surface area contributed by atoms with E-state index >= 15 is 0 Å². The number of hydrogen-bond donors (Lipinski definition) is 0. The molecular formula is C82H52N6O2. The van der Waals surface area contributed by atoms with Gasteiger partial charge in [0.2, 0.25) is 11.8 Å². The maximum atomic E-state index is 6.74. The van der Waals surface area contributed by atoms with Gasteiger partial charge in [0, 0.05) is 88.9 Å². The third-order valence-corrected chi connectivity index (χ3v) is 17.7. The van der Waals surface area contributed by atoms with Crippen LogP contribution in [0.5, 0.6) is 0 Å². The fourth-order valence-electron chi connectivity index (χ4n) is 13.5. The summed E-state index contributed by atoms with van der Waals surface area (Å²) in [6, 6.07) is 112. The highest BCUT2D eigenvalue weighted by Gasteiger charge is 2.22. The average molecular weight is 1150 g/mol. The molecular weight excluding hydrogens is 1100 g/mol.